The van der Waals surface area contributed by atoms with Crippen LogP contribution in [-0.2, 0) is 25.5 Å². The second kappa shape index (κ2) is 10.2. The van der Waals surface area contributed by atoms with Crippen molar-refractivity contribution in [2.75, 3.05) is 11.4 Å². The molecule has 0 unspecified atom stereocenters. The fourth-order valence-electron chi connectivity index (χ4n) is 4.18. The van der Waals surface area contributed by atoms with E-state index < -0.39 is 23.7 Å². The van der Waals surface area contributed by atoms with E-state index >= 15 is 0 Å². The number of aryl methyl sites for hydroxylation is 1. The monoisotopic (exact) mass is 430 g/mol. The van der Waals surface area contributed by atoms with E-state index in [0.717, 1.165) is 56.2 Å². The van der Waals surface area contributed by atoms with Gasteiger partial charge in [0.1, 0.15) is 17.7 Å². The molecule has 2 amide bonds. The second-order valence-electron chi connectivity index (χ2n) is 9.37. The van der Waals surface area contributed by atoms with Gasteiger partial charge in [0.25, 0.3) is 0 Å². The average molecular weight is 431 g/mol. The molecule has 3 rings (SSSR count). The van der Waals surface area contributed by atoms with Gasteiger partial charge in [-0.2, -0.15) is 0 Å². The van der Waals surface area contributed by atoms with Gasteiger partial charge in [-0.25, -0.2) is 4.79 Å². The minimum Gasteiger partial charge on any atom is -0.462 e. The number of amides is 2. The van der Waals surface area contributed by atoms with Gasteiger partial charge in [0.05, 0.1) is 6.42 Å². The normalized spacial score (nSPS) is 18.0. The van der Waals surface area contributed by atoms with Crippen molar-refractivity contribution in [3.05, 3.63) is 29.8 Å². The Bertz CT molecular complexity index is 795. The number of ether oxygens (including phenoxy) is 2. The van der Waals surface area contributed by atoms with Crippen molar-refractivity contribution >= 4 is 23.7 Å². The van der Waals surface area contributed by atoms with Crippen LogP contribution in [0.1, 0.15) is 71.3 Å². The van der Waals surface area contributed by atoms with Crippen molar-refractivity contribution in [1.29, 1.82) is 0 Å². The summed E-state index contributed by atoms with van der Waals surface area (Å²) in [6.07, 6.45) is 5.63. The van der Waals surface area contributed by atoms with Gasteiger partial charge < -0.3 is 19.7 Å². The third-order valence-electron chi connectivity index (χ3n) is 5.59. The summed E-state index contributed by atoms with van der Waals surface area (Å²) in [6.45, 7) is 5.80. The highest BCUT2D eigenvalue weighted by Gasteiger charge is 2.33. The third-order valence-corrected chi connectivity index (χ3v) is 5.59. The number of rotatable bonds is 5. The molecule has 7 nitrogen and oxygen atoms in total. The fourth-order valence-corrected chi connectivity index (χ4v) is 4.18. The van der Waals surface area contributed by atoms with Crippen LogP contribution in [0, 0.1) is 0 Å². The van der Waals surface area contributed by atoms with Gasteiger partial charge in [-0.05, 0) is 70.9 Å². The first-order chi connectivity index (χ1) is 14.7. The van der Waals surface area contributed by atoms with Crippen LogP contribution in [0.4, 0.5) is 10.5 Å². The number of esters is 1. The molecule has 0 aromatic heterocycles. The average Bonchev–Trinajstić information content (AvgIpc) is 2.71. The molecule has 2 aliphatic rings. The Labute approximate surface area is 184 Å². The molecule has 0 radical (unpaired) electrons. The van der Waals surface area contributed by atoms with E-state index in [1.54, 1.807) is 25.7 Å². The Hall–Kier alpha value is -2.57. The van der Waals surface area contributed by atoms with Crippen LogP contribution in [0.2, 0.25) is 0 Å². The molecule has 31 heavy (non-hydrogen) atoms. The van der Waals surface area contributed by atoms with Gasteiger partial charge in [-0.1, -0.05) is 24.6 Å². The number of alkyl carbamates (subject to hydrolysis) is 1. The number of benzene rings is 1. The quantitative estimate of drug-likeness (QED) is 0.710. The zero-order valence-electron chi connectivity index (χ0n) is 18.8. The molecule has 0 saturated heterocycles. The summed E-state index contributed by atoms with van der Waals surface area (Å²) in [6, 6.07) is 6.69. The predicted octanol–water partition coefficient (Wildman–Crippen LogP) is 4.13. The molecule has 1 aromatic carbocycles. The molecular formula is C24H34N2O5. The third kappa shape index (κ3) is 6.71. The molecule has 1 atom stereocenters. The first-order valence-electron chi connectivity index (χ1n) is 11.3. The van der Waals surface area contributed by atoms with Crippen LogP contribution in [-0.4, -0.2) is 42.3 Å². The smallest absolute Gasteiger partial charge is 0.408 e. The highest BCUT2D eigenvalue weighted by Crippen LogP contribution is 2.28. The number of nitrogens with zero attached hydrogens (tertiary/aromatic N) is 1. The maximum atomic E-state index is 13.4. The molecular weight excluding hydrogens is 396 g/mol. The molecule has 0 bridgehead atoms. The zero-order valence-corrected chi connectivity index (χ0v) is 18.8. The number of hydrogen-bond acceptors (Lipinski definition) is 5. The summed E-state index contributed by atoms with van der Waals surface area (Å²) < 4.78 is 10.9. The summed E-state index contributed by atoms with van der Waals surface area (Å²) in [5, 5.41) is 2.62. The van der Waals surface area contributed by atoms with E-state index in [-0.39, 0.29) is 18.4 Å². The molecule has 1 saturated carbocycles. The van der Waals surface area contributed by atoms with Crippen molar-refractivity contribution < 1.29 is 23.9 Å². The molecule has 1 N–H and O–H groups in total. The topological polar surface area (TPSA) is 84.9 Å². The largest absolute Gasteiger partial charge is 0.462 e. The summed E-state index contributed by atoms with van der Waals surface area (Å²) in [4.78, 5) is 40.2. The molecule has 1 fully saturated rings. The lowest BCUT2D eigenvalue weighted by Gasteiger charge is -2.33. The number of hydrogen-bond donors (Lipinski definition) is 1. The highest BCUT2D eigenvalue weighted by molar-refractivity contribution is 6.01. The Kier molecular flexibility index (Phi) is 7.57. The number of nitrogens with one attached hydrogen (secondary N) is 1. The van der Waals surface area contributed by atoms with Crippen LogP contribution >= 0.6 is 0 Å². The lowest BCUT2D eigenvalue weighted by atomic mass is 9.98. The Morgan fingerprint density at radius 2 is 1.81 bits per heavy atom. The minimum absolute atomic E-state index is 0.103. The maximum Gasteiger partial charge on any atom is 0.408 e. The molecule has 1 aliphatic carbocycles. The predicted molar refractivity (Wildman–Crippen MR) is 118 cm³/mol. The van der Waals surface area contributed by atoms with Crippen LogP contribution < -0.4 is 10.2 Å². The lowest BCUT2D eigenvalue weighted by molar-refractivity contribution is -0.152. The van der Waals surface area contributed by atoms with Crippen molar-refractivity contribution in [2.24, 2.45) is 0 Å². The van der Waals surface area contributed by atoms with Crippen molar-refractivity contribution in [1.82, 2.24) is 5.32 Å². The van der Waals surface area contributed by atoms with Gasteiger partial charge in [0.15, 0.2) is 0 Å². The number of carbonyl (C=O) groups excluding carboxylic acids is 3. The Morgan fingerprint density at radius 1 is 1.10 bits per heavy atom. The summed E-state index contributed by atoms with van der Waals surface area (Å²) in [7, 11) is 0. The summed E-state index contributed by atoms with van der Waals surface area (Å²) in [5.41, 5.74) is 1.20. The van der Waals surface area contributed by atoms with E-state index in [2.05, 4.69) is 5.32 Å². The first kappa shape index (κ1) is 23.1. The van der Waals surface area contributed by atoms with Gasteiger partial charge in [0.2, 0.25) is 5.91 Å². The highest BCUT2D eigenvalue weighted by atomic mass is 16.6. The fraction of sp³-hybridized carbons (Fsp3) is 0.625. The molecule has 170 valence electrons. The van der Waals surface area contributed by atoms with Crippen molar-refractivity contribution in [3.8, 4) is 0 Å². The van der Waals surface area contributed by atoms with Gasteiger partial charge >= 0.3 is 12.1 Å². The van der Waals surface area contributed by atoms with E-state index in [1.165, 1.54) is 0 Å². The SMILES string of the molecule is CC(C)(C)OC(=O)N[C@@H](CC(=O)OC1CCCCC1)C(=O)N1CCCc2ccccc21. The Morgan fingerprint density at radius 3 is 2.52 bits per heavy atom. The summed E-state index contributed by atoms with van der Waals surface area (Å²) >= 11 is 0. The maximum absolute atomic E-state index is 13.4. The molecule has 1 aliphatic heterocycles. The molecule has 1 heterocycles. The zero-order chi connectivity index (χ0) is 22.4. The van der Waals surface area contributed by atoms with Gasteiger partial charge in [-0.15, -0.1) is 0 Å². The van der Waals surface area contributed by atoms with E-state index in [4.69, 9.17) is 9.47 Å². The van der Waals surface area contributed by atoms with E-state index in [1.807, 2.05) is 24.3 Å². The lowest BCUT2D eigenvalue weighted by Crippen LogP contribution is -2.52. The van der Waals surface area contributed by atoms with E-state index in [0.29, 0.717) is 6.54 Å². The van der Waals surface area contributed by atoms with Crippen LogP contribution in [0.25, 0.3) is 0 Å². The van der Waals surface area contributed by atoms with Crippen molar-refractivity contribution in [3.63, 3.8) is 0 Å². The van der Waals surface area contributed by atoms with Crippen LogP contribution in [0.15, 0.2) is 24.3 Å². The Balaban J connectivity index is 1.74. The number of para-hydroxylation sites is 1. The number of anilines is 1. The van der Waals surface area contributed by atoms with Gasteiger partial charge in [0, 0.05) is 12.2 Å². The minimum atomic E-state index is -1.04. The van der Waals surface area contributed by atoms with Crippen LogP contribution in [0.5, 0.6) is 0 Å². The first-order valence-corrected chi connectivity index (χ1v) is 11.3. The van der Waals surface area contributed by atoms with Crippen LogP contribution in [0.3, 0.4) is 0 Å². The van der Waals surface area contributed by atoms with Crippen molar-refractivity contribution in [2.45, 2.75) is 89.9 Å². The molecule has 1 aromatic rings. The number of carbonyl (C=O) groups is 3. The molecule has 0 spiro atoms. The molecule has 7 heteroatoms. The van der Waals surface area contributed by atoms with Gasteiger partial charge in [-0.3, -0.25) is 9.59 Å². The number of fused-ring (bicyclic) bond motifs is 1. The standard InChI is InChI=1S/C24H34N2O5/c1-24(2,3)31-23(29)25-19(16-21(27)30-18-12-5-4-6-13-18)22(28)26-15-9-11-17-10-7-8-14-20(17)26/h7-8,10,14,18-19H,4-6,9,11-13,15-16H2,1-3H3,(H,25,29)/t19-/m0/s1. The van der Waals surface area contributed by atoms with E-state index in [9.17, 15) is 14.4 Å². The second-order valence-corrected chi connectivity index (χ2v) is 9.37. The summed E-state index contributed by atoms with van der Waals surface area (Å²) in [5.74, 6) is -0.787.